The van der Waals surface area contributed by atoms with Crippen molar-refractivity contribution < 1.29 is 19.4 Å². The van der Waals surface area contributed by atoms with Gasteiger partial charge in [0.05, 0.1) is 12.2 Å². The van der Waals surface area contributed by atoms with Gasteiger partial charge >= 0.3 is 5.97 Å². The number of rotatable bonds is 4. The highest BCUT2D eigenvalue weighted by molar-refractivity contribution is 5.82. The number of aliphatic carboxylic acids is 1. The van der Waals surface area contributed by atoms with Crippen LogP contribution < -0.4 is 5.32 Å². The molecule has 1 amide bonds. The molecule has 0 bridgehead atoms. The van der Waals surface area contributed by atoms with Crippen molar-refractivity contribution >= 4 is 11.9 Å². The average molecular weight is 244 g/mol. The molecule has 0 aliphatic carbocycles. The largest absolute Gasteiger partial charge is 0.480 e. The van der Waals surface area contributed by atoms with Crippen molar-refractivity contribution in [2.24, 2.45) is 0 Å². The van der Waals surface area contributed by atoms with Crippen LogP contribution in [0.1, 0.15) is 20.8 Å². The van der Waals surface area contributed by atoms with Crippen LogP contribution in [-0.2, 0) is 14.3 Å². The molecule has 1 fully saturated rings. The molecular formula is C11H20N2O4. The van der Waals surface area contributed by atoms with Gasteiger partial charge in [-0.15, -0.1) is 0 Å². The molecule has 6 nitrogen and oxygen atoms in total. The maximum atomic E-state index is 11.0. The monoisotopic (exact) mass is 244 g/mol. The standard InChI is InChI=1S/C11H20N2O4/c1-8(14)12-9(10(15)16)6-13-4-5-17-11(2,3)7-13/h9H,4-7H2,1-3H3,(H,12,14)(H,15,16). The Hall–Kier alpha value is -1.14. The molecule has 0 radical (unpaired) electrons. The third kappa shape index (κ3) is 4.70. The highest BCUT2D eigenvalue weighted by atomic mass is 16.5. The van der Waals surface area contributed by atoms with E-state index >= 15 is 0 Å². The van der Waals surface area contributed by atoms with Gasteiger partial charge in [0.1, 0.15) is 6.04 Å². The van der Waals surface area contributed by atoms with Crippen molar-refractivity contribution in [3.8, 4) is 0 Å². The average Bonchev–Trinajstić information content (AvgIpc) is 2.14. The van der Waals surface area contributed by atoms with E-state index in [1.54, 1.807) is 0 Å². The van der Waals surface area contributed by atoms with E-state index in [1.807, 2.05) is 18.7 Å². The molecule has 6 heteroatoms. The predicted octanol–water partition coefficient (Wildman–Crippen LogP) is -0.313. The third-order valence-electron chi connectivity index (χ3n) is 2.62. The van der Waals surface area contributed by atoms with E-state index in [1.165, 1.54) is 6.92 Å². The van der Waals surface area contributed by atoms with Crippen molar-refractivity contribution in [3.05, 3.63) is 0 Å². The second kappa shape index (κ2) is 5.46. The van der Waals surface area contributed by atoms with E-state index in [0.717, 1.165) is 0 Å². The van der Waals surface area contributed by atoms with E-state index in [9.17, 15) is 9.59 Å². The zero-order chi connectivity index (χ0) is 13.1. The van der Waals surface area contributed by atoms with Gasteiger partial charge in [-0.2, -0.15) is 0 Å². The van der Waals surface area contributed by atoms with Crippen molar-refractivity contribution in [1.29, 1.82) is 0 Å². The highest BCUT2D eigenvalue weighted by Crippen LogP contribution is 2.16. The molecule has 0 aromatic carbocycles. The molecule has 0 aromatic rings. The molecule has 17 heavy (non-hydrogen) atoms. The zero-order valence-corrected chi connectivity index (χ0v) is 10.5. The molecule has 2 N–H and O–H groups in total. The van der Waals surface area contributed by atoms with Gasteiger partial charge < -0.3 is 15.2 Å². The first-order valence-corrected chi connectivity index (χ1v) is 5.66. The van der Waals surface area contributed by atoms with Crippen molar-refractivity contribution in [1.82, 2.24) is 10.2 Å². The Morgan fingerprint density at radius 3 is 2.65 bits per heavy atom. The van der Waals surface area contributed by atoms with Gasteiger partial charge in [-0.25, -0.2) is 4.79 Å². The van der Waals surface area contributed by atoms with Crippen LogP contribution in [0, 0.1) is 0 Å². The Balaban J connectivity index is 2.55. The molecular weight excluding hydrogens is 224 g/mol. The molecule has 1 atom stereocenters. The summed E-state index contributed by atoms with van der Waals surface area (Å²) < 4.78 is 5.54. The summed E-state index contributed by atoms with van der Waals surface area (Å²) >= 11 is 0. The number of carboxylic acid groups (broad SMARTS) is 1. The summed E-state index contributed by atoms with van der Waals surface area (Å²) in [7, 11) is 0. The Kier molecular flexibility index (Phi) is 4.47. The number of morpholine rings is 1. The number of nitrogens with zero attached hydrogens (tertiary/aromatic N) is 1. The van der Waals surface area contributed by atoms with Crippen LogP contribution in [0.5, 0.6) is 0 Å². The van der Waals surface area contributed by atoms with Crippen LogP contribution in [0.2, 0.25) is 0 Å². The van der Waals surface area contributed by atoms with Gasteiger partial charge in [-0.1, -0.05) is 0 Å². The Bertz CT molecular complexity index is 304. The second-order valence-corrected chi connectivity index (χ2v) is 4.93. The lowest BCUT2D eigenvalue weighted by Gasteiger charge is -2.39. The van der Waals surface area contributed by atoms with Gasteiger partial charge in [0.25, 0.3) is 0 Å². The smallest absolute Gasteiger partial charge is 0.327 e. The topological polar surface area (TPSA) is 78.9 Å². The van der Waals surface area contributed by atoms with Gasteiger partial charge in [0.2, 0.25) is 5.91 Å². The minimum Gasteiger partial charge on any atom is -0.480 e. The van der Waals surface area contributed by atoms with Crippen LogP contribution in [0.3, 0.4) is 0 Å². The van der Waals surface area contributed by atoms with E-state index < -0.39 is 12.0 Å². The Morgan fingerprint density at radius 2 is 2.18 bits per heavy atom. The third-order valence-corrected chi connectivity index (χ3v) is 2.62. The molecule has 1 heterocycles. The Labute approximate surface area is 101 Å². The first kappa shape index (κ1) is 13.9. The number of ether oxygens (including phenoxy) is 1. The second-order valence-electron chi connectivity index (χ2n) is 4.93. The summed E-state index contributed by atoms with van der Waals surface area (Å²) in [5.41, 5.74) is -0.266. The summed E-state index contributed by atoms with van der Waals surface area (Å²) in [6.07, 6.45) is 0. The fraction of sp³-hybridized carbons (Fsp3) is 0.818. The first-order chi connectivity index (χ1) is 7.80. The van der Waals surface area contributed by atoms with Gasteiger partial charge in [-0.05, 0) is 13.8 Å². The predicted molar refractivity (Wildman–Crippen MR) is 61.7 cm³/mol. The minimum absolute atomic E-state index is 0.266. The number of carbonyl (C=O) groups is 2. The number of hydrogen-bond donors (Lipinski definition) is 2. The van der Waals surface area contributed by atoms with Crippen LogP contribution in [-0.4, -0.2) is 59.8 Å². The SMILES string of the molecule is CC(=O)NC(CN1CCOC(C)(C)C1)C(=O)O. The van der Waals surface area contributed by atoms with Crippen molar-refractivity contribution in [3.63, 3.8) is 0 Å². The summed E-state index contributed by atoms with van der Waals surface area (Å²) in [6.45, 7) is 7.49. The van der Waals surface area contributed by atoms with Gasteiger partial charge in [0.15, 0.2) is 0 Å². The lowest BCUT2D eigenvalue weighted by atomic mass is 10.1. The van der Waals surface area contributed by atoms with Crippen LogP contribution in [0.25, 0.3) is 0 Å². The van der Waals surface area contributed by atoms with Crippen molar-refractivity contribution in [2.45, 2.75) is 32.4 Å². The fourth-order valence-electron chi connectivity index (χ4n) is 1.96. The van der Waals surface area contributed by atoms with E-state index in [2.05, 4.69) is 5.32 Å². The summed E-state index contributed by atoms with van der Waals surface area (Å²) in [6, 6.07) is -0.860. The molecule has 1 aliphatic rings. The van der Waals surface area contributed by atoms with Gasteiger partial charge in [-0.3, -0.25) is 9.69 Å². The molecule has 1 saturated heterocycles. The molecule has 0 aromatic heterocycles. The molecule has 98 valence electrons. The molecule has 1 aliphatic heterocycles. The summed E-state index contributed by atoms with van der Waals surface area (Å²) in [5.74, 6) is -1.34. The molecule has 1 unspecified atom stereocenters. The lowest BCUT2D eigenvalue weighted by molar-refractivity contribution is -0.143. The van der Waals surface area contributed by atoms with Crippen molar-refractivity contribution in [2.75, 3.05) is 26.2 Å². The Morgan fingerprint density at radius 1 is 1.53 bits per heavy atom. The number of amides is 1. The minimum atomic E-state index is -1.01. The van der Waals surface area contributed by atoms with Crippen LogP contribution in [0.4, 0.5) is 0 Å². The van der Waals surface area contributed by atoms with E-state index in [-0.39, 0.29) is 11.5 Å². The molecule has 0 spiro atoms. The first-order valence-electron chi connectivity index (χ1n) is 5.66. The fourth-order valence-corrected chi connectivity index (χ4v) is 1.96. The van der Waals surface area contributed by atoms with E-state index in [0.29, 0.717) is 26.2 Å². The normalized spacial score (nSPS) is 21.8. The molecule has 0 saturated carbocycles. The summed E-state index contributed by atoms with van der Waals surface area (Å²) in [5, 5.41) is 11.4. The zero-order valence-electron chi connectivity index (χ0n) is 10.5. The summed E-state index contributed by atoms with van der Waals surface area (Å²) in [4.78, 5) is 23.9. The number of carbonyl (C=O) groups excluding carboxylic acids is 1. The lowest BCUT2D eigenvalue weighted by Crippen LogP contribution is -2.54. The van der Waals surface area contributed by atoms with Crippen LogP contribution >= 0.6 is 0 Å². The number of hydrogen-bond acceptors (Lipinski definition) is 4. The maximum absolute atomic E-state index is 11.0. The number of nitrogens with one attached hydrogen (secondary N) is 1. The van der Waals surface area contributed by atoms with Crippen LogP contribution in [0.15, 0.2) is 0 Å². The highest BCUT2D eigenvalue weighted by Gasteiger charge is 2.30. The number of carboxylic acids is 1. The maximum Gasteiger partial charge on any atom is 0.327 e. The quantitative estimate of drug-likeness (QED) is 0.709. The van der Waals surface area contributed by atoms with Gasteiger partial charge in [0, 0.05) is 26.6 Å². The molecule has 1 rings (SSSR count). The van der Waals surface area contributed by atoms with E-state index in [4.69, 9.17) is 9.84 Å².